The van der Waals surface area contributed by atoms with Gasteiger partial charge in [-0.1, -0.05) is 19.1 Å². The Kier molecular flexibility index (Phi) is 7.23. The van der Waals surface area contributed by atoms with Crippen molar-refractivity contribution in [1.82, 2.24) is 9.21 Å². The monoisotopic (exact) mass is 421 g/mol. The summed E-state index contributed by atoms with van der Waals surface area (Å²) in [5.41, 5.74) is 0.520. The van der Waals surface area contributed by atoms with Crippen LogP contribution in [0.1, 0.15) is 31.1 Å². The Balaban J connectivity index is 1.56. The minimum Gasteiger partial charge on any atom is -0.326 e. The van der Waals surface area contributed by atoms with Gasteiger partial charge in [-0.2, -0.15) is 4.31 Å². The molecule has 2 aromatic rings. The molecule has 1 aliphatic rings. The van der Waals surface area contributed by atoms with Crippen molar-refractivity contribution in [3.63, 3.8) is 0 Å². The largest absolute Gasteiger partial charge is 0.326 e. The first kappa shape index (κ1) is 21.0. The zero-order valence-electron chi connectivity index (χ0n) is 16.1. The number of hydrogen-bond acceptors (Lipinski definition) is 5. The summed E-state index contributed by atoms with van der Waals surface area (Å²) in [6, 6.07) is 10.7. The predicted octanol–water partition coefficient (Wildman–Crippen LogP) is 3.38. The lowest BCUT2D eigenvalue weighted by molar-refractivity contribution is -0.116. The molecule has 2 heterocycles. The topological polar surface area (TPSA) is 69.7 Å². The number of sulfonamides is 1. The molecule has 0 radical (unpaired) electrons. The standard InChI is InChI=1S/C20H27N3O3S2/c1-2-22(16-18-8-6-14-27-18)13-10-20(24)21-17-7-5-9-19(15-17)28(25,26)23-11-3-4-12-23/h5-9,14-15H,2-4,10-13,16H2,1H3,(H,21,24). The Morgan fingerprint density at radius 1 is 1.21 bits per heavy atom. The van der Waals surface area contributed by atoms with E-state index in [1.54, 1.807) is 35.6 Å². The van der Waals surface area contributed by atoms with Crippen LogP contribution in [0.4, 0.5) is 5.69 Å². The van der Waals surface area contributed by atoms with Gasteiger partial charge in [0.1, 0.15) is 0 Å². The Morgan fingerprint density at radius 3 is 2.68 bits per heavy atom. The zero-order valence-corrected chi connectivity index (χ0v) is 17.8. The van der Waals surface area contributed by atoms with Crippen LogP contribution < -0.4 is 5.32 Å². The Morgan fingerprint density at radius 2 is 2.00 bits per heavy atom. The second kappa shape index (κ2) is 9.65. The molecule has 0 bridgehead atoms. The average Bonchev–Trinajstić information content (AvgIpc) is 3.39. The maximum absolute atomic E-state index is 12.7. The lowest BCUT2D eigenvalue weighted by Crippen LogP contribution is -2.28. The highest BCUT2D eigenvalue weighted by Gasteiger charge is 2.27. The summed E-state index contributed by atoms with van der Waals surface area (Å²) in [4.78, 5) is 16.1. The quantitative estimate of drug-likeness (QED) is 0.674. The van der Waals surface area contributed by atoms with E-state index in [1.807, 2.05) is 6.07 Å². The molecule has 0 aliphatic carbocycles. The molecule has 3 rings (SSSR count). The van der Waals surface area contributed by atoms with Crippen molar-refractivity contribution >= 4 is 33.0 Å². The highest BCUT2D eigenvalue weighted by atomic mass is 32.2. The minimum absolute atomic E-state index is 0.111. The number of amides is 1. The van der Waals surface area contributed by atoms with Crippen LogP contribution in [0.25, 0.3) is 0 Å². The van der Waals surface area contributed by atoms with Gasteiger partial charge in [-0.25, -0.2) is 8.42 Å². The summed E-state index contributed by atoms with van der Waals surface area (Å²) in [7, 11) is -3.48. The molecule has 1 N–H and O–H groups in total. The predicted molar refractivity (Wildman–Crippen MR) is 113 cm³/mol. The molecule has 1 amide bonds. The third-order valence-corrected chi connectivity index (χ3v) is 7.64. The van der Waals surface area contributed by atoms with Gasteiger partial charge in [0.25, 0.3) is 0 Å². The average molecular weight is 422 g/mol. The molecule has 1 fully saturated rings. The smallest absolute Gasteiger partial charge is 0.243 e. The van der Waals surface area contributed by atoms with E-state index in [4.69, 9.17) is 0 Å². The SMILES string of the molecule is CCN(CCC(=O)Nc1cccc(S(=O)(=O)N2CCCC2)c1)Cc1cccs1. The van der Waals surface area contributed by atoms with Crippen LogP contribution in [0.3, 0.4) is 0 Å². The summed E-state index contributed by atoms with van der Waals surface area (Å²) in [6.45, 7) is 5.58. The normalized spacial score (nSPS) is 15.2. The van der Waals surface area contributed by atoms with E-state index in [-0.39, 0.29) is 10.8 Å². The highest BCUT2D eigenvalue weighted by molar-refractivity contribution is 7.89. The first-order valence-corrected chi connectivity index (χ1v) is 12.0. The van der Waals surface area contributed by atoms with E-state index >= 15 is 0 Å². The van der Waals surface area contributed by atoms with Gasteiger partial charge in [0.05, 0.1) is 4.90 Å². The van der Waals surface area contributed by atoms with Crippen molar-refractivity contribution < 1.29 is 13.2 Å². The molecular weight excluding hydrogens is 394 g/mol. The molecule has 1 aromatic heterocycles. The van der Waals surface area contributed by atoms with Crippen molar-refractivity contribution in [2.24, 2.45) is 0 Å². The molecule has 28 heavy (non-hydrogen) atoms. The molecule has 0 saturated carbocycles. The third kappa shape index (κ3) is 5.41. The first-order valence-electron chi connectivity index (χ1n) is 9.64. The lowest BCUT2D eigenvalue weighted by atomic mass is 10.3. The number of hydrogen-bond donors (Lipinski definition) is 1. The van der Waals surface area contributed by atoms with Gasteiger partial charge in [-0.15, -0.1) is 11.3 Å². The number of rotatable bonds is 9. The molecule has 8 heteroatoms. The van der Waals surface area contributed by atoms with Gasteiger partial charge < -0.3 is 5.32 Å². The summed E-state index contributed by atoms with van der Waals surface area (Å²) >= 11 is 1.71. The molecule has 1 aliphatic heterocycles. The number of anilines is 1. The lowest BCUT2D eigenvalue weighted by Gasteiger charge is -2.19. The van der Waals surface area contributed by atoms with E-state index in [2.05, 4.69) is 28.6 Å². The van der Waals surface area contributed by atoms with Gasteiger partial charge in [-0.3, -0.25) is 9.69 Å². The van der Waals surface area contributed by atoms with Crippen molar-refractivity contribution in [1.29, 1.82) is 0 Å². The molecule has 0 spiro atoms. The van der Waals surface area contributed by atoms with Crippen LogP contribution in [0.15, 0.2) is 46.7 Å². The third-order valence-electron chi connectivity index (χ3n) is 4.88. The molecule has 0 atom stereocenters. The molecule has 0 unspecified atom stereocenters. The van der Waals surface area contributed by atoms with Crippen LogP contribution in [-0.2, 0) is 21.4 Å². The minimum atomic E-state index is -3.48. The molecule has 1 aromatic carbocycles. The number of carbonyl (C=O) groups excluding carboxylic acids is 1. The Bertz CT molecular complexity index is 876. The fraction of sp³-hybridized carbons (Fsp3) is 0.450. The Hall–Kier alpha value is -1.74. The van der Waals surface area contributed by atoms with E-state index in [0.29, 0.717) is 31.7 Å². The molecule has 152 valence electrons. The van der Waals surface area contributed by atoms with Gasteiger partial charge in [0.15, 0.2) is 0 Å². The fourth-order valence-electron chi connectivity index (χ4n) is 3.27. The van der Waals surface area contributed by atoms with Crippen molar-refractivity contribution in [2.75, 3.05) is 31.5 Å². The number of thiophene rings is 1. The second-order valence-electron chi connectivity index (χ2n) is 6.89. The van der Waals surface area contributed by atoms with Gasteiger partial charge in [0.2, 0.25) is 15.9 Å². The highest BCUT2D eigenvalue weighted by Crippen LogP contribution is 2.23. The van der Waals surface area contributed by atoms with Gasteiger partial charge in [-0.05, 0) is 49.0 Å². The molecule has 6 nitrogen and oxygen atoms in total. The summed E-state index contributed by atoms with van der Waals surface area (Å²) < 4.78 is 26.9. The maximum Gasteiger partial charge on any atom is 0.243 e. The number of nitrogens with one attached hydrogen (secondary N) is 1. The van der Waals surface area contributed by atoms with Crippen molar-refractivity contribution in [3.8, 4) is 0 Å². The van der Waals surface area contributed by atoms with Crippen LogP contribution in [0.2, 0.25) is 0 Å². The van der Waals surface area contributed by atoms with Crippen LogP contribution >= 0.6 is 11.3 Å². The second-order valence-corrected chi connectivity index (χ2v) is 9.86. The van der Waals surface area contributed by atoms with E-state index < -0.39 is 10.0 Å². The number of benzene rings is 1. The van der Waals surface area contributed by atoms with Gasteiger partial charge >= 0.3 is 0 Å². The molecular formula is C20H27N3O3S2. The summed E-state index contributed by atoms with van der Waals surface area (Å²) in [5.74, 6) is -0.111. The van der Waals surface area contributed by atoms with Crippen LogP contribution in [0.5, 0.6) is 0 Å². The van der Waals surface area contributed by atoms with E-state index in [1.165, 1.54) is 9.18 Å². The zero-order chi connectivity index (χ0) is 20.0. The number of carbonyl (C=O) groups is 1. The fourth-order valence-corrected chi connectivity index (χ4v) is 5.58. The number of nitrogens with zero attached hydrogens (tertiary/aromatic N) is 2. The summed E-state index contributed by atoms with van der Waals surface area (Å²) in [6.07, 6.45) is 2.16. The van der Waals surface area contributed by atoms with Gasteiger partial charge in [0, 0.05) is 43.2 Å². The van der Waals surface area contributed by atoms with Crippen LogP contribution in [0, 0.1) is 0 Å². The Labute approximate surface area is 171 Å². The first-order chi connectivity index (χ1) is 13.5. The maximum atomic E-state index is 12.7. The van der Waals surface area contributed by atoms with E-state index in [0.717, 1.165) is 25.9 Å². The molecule has 1 saturated heterocycles. The van der Waals surface area contributed by atoms with Crippen molar-refractivity contribution in [2.45, 2.75) is 37.6 Å². The van der Waals surface area contributed by atoms with Crippen molar-refractivity contribution in [3.05, 3.63) is 46.7 Å². The summed E-state index contributed by atoms with van der Waals surface area (Å²) in [5, 5.41) is 4.89. The van der Waals surface area contributed by atoms with E-state index in [9.17, 15) is 13.2 Å². The van der Waals surface area contributed by atoms with Crippen LogP contribution in [-0.4, -0.2) is 49.7 Å².